The molecular formula is C22H23F3N4OS. The third-order valence-electron chi connectivity index (χ3n) is 5.05. The number of aromatic nitrogens is 2. The quantitative estimate of drug-likeness (QED) is 0.434. The van der Waals surface area contributed by atoms with Crippen LogP contribution in [0.1, 0.15) is 37.0 Å². The van der Waals surface area contributed by atoms with Crippen LogP contribution in [-0.4, -0.2) is 22.4 Å². The van der Waals surface area contributed by atoms with E-state index in [1.165, 1.54) is 24.6 Å². The number of hydrogen-bond donors (Lipinski definition) is 2. The summed E-state index contributed by atoms with van der Waals surface area (Å²) < 4.78 is 42.0. The van der Waals surface area contributed by atoms with E-state index in [0.29, 0.717) is 35.6 Å². The van der Waals surface area contributed by atoms with Crippen molar-refractivity contribution >= 4 is 23.1 Å². The van der Waals surface area contributed by atoms with Gasteiger partial charge in [-0.25, -0.2) is 4.98 Å². The van der Waals surface area contributed by atoms with Gasteiger partial charge in [0.1, 0.15) is 11.6 Å². The van der Waals surface area contributed by atoms with Gasteiger partial charge in [0.15, 0.2) is 0 Å². The van der Waals surface area contributed by atoms with Crippen molar-refractivity contribution in [3.8, 4) is 17.0 Å². The molecule has 1 aliphatic rings. The molecule has 5 nitrogen and oxygen atoms in total. The Balaban J connectivity index is 1.61. The second-order valence-corrected chi connectivity index (χ2v) is 8.48. The number of benzene rings is 1. The van der Waals surface area contributed by atoms with Crippen molar-refractivity contribution in [1.82, 2.24) is 9.97 Å². The highest BCUT2D eigenvalue weighted by Gasteiger charge is 2.31. The average Bonchev–Trinajstić information content (AvgIpc) is 3.26. The second-order valence-electron chi connectivity index (χ2n) is 7.45. The number of thiophene rings is 1. The van der Waals surface area contributed by atoms with Crippen molar-refractivity contribution in [3.63, 3.8) is 0 Å². The molecule has 1 saturated carbocycles. The van der Waals surface area contributed by atoms with Gasteiger partial charge in [-0.15, -0.1) is 24.5 Å². The van der Waals surface area contributed by atoms with E-state index in [9.17, 15) is 13.2 Å². The third-order valence-corrected chi connectivity index (χ3v) is 5.93. The van der Waals surface area contributed by atoms with Crippen LogP contribution < -0.4 is 15.4 Å². The van der Waals surface area contributed by atoms with Gasteiger partial charge in [0.25, 0.3) is 0 Å². The van der Waals surface area contributed by atoms with E-state index in [1.807, 2.05) is 17.5 Å². The highest BCUT2D eigenvalue weighted by Crippen LogP contribution is 2.29. The predicted octanol–water partition coefficient (Wildman–Crippen LogP) is 6.46. The highest BCUT2D eigenvalue weighted by atomic mass is 32.1. The molecule has 2 heterocycles. The van der Waals surface area contributed by atoms with Crippen LogP contribution in [0, 0.1) is 0 Å². The van der Waals surface area contributed by atoms with E-state index >= 15 is 0 Å². The molecule has 1 aromatic carbocycles. The van der Waals surface area contributed by atoms with Gasteiger partial charge in [-0.1, -0.05) is 37.5 Å². The zero-order valence-electron chi connectivity index (χ0n) is 16.8. The number of rotatable bonds is 7. The molecule has 0 amide bonds. The summed E-state index contributed by atoms with van der Waals surface area (Å²) in [6.07, 6.45) is 0.931. The first kappa shape index (κ1) is 21.4. The molecule has 0 unspecified atom stereocenters. The predicted molar refractivity (Wildman–Crippen MR) is 116 cm³/mol. The zero-order valence-corrected chi connectivity index (χ0v) is 17.6. The number of halogens is 3. The SMILES string of the molecule is FC(F)(F)Oc1cccc(-c2cc(NCc3cccs3)nc(NC3CCCCC3)n2)c1. The summed E-state index contributed by atoms with van der Waals surface area (Å²) in [6.45, 7) is 0.605. The second kappa shape index (κ2) is 9.55. The molecule has 1 aliphatic carbocycles. The fourth-order valence-electron chi connectivity index (χ4n) is 3.62. The molecule has 0 aliphatic heterocycles. The van der Waals surface area contributed by atoms with Gasteiger partial charge in [0, 0.05) is 22.5 Å². The minimum absolute atomic E-state index is 0.279. The molecule has 0 bridgehead atoms. The summed E-state index contributed by atoms with van der Waals surface area (Å²) in [5.74, 6) is 0.803. The summed E-state index contributed by atoms with van der Waals surface area (Å²) >= 11 is 1.64. The Bertz CT molecular complexity index is 989. The smallest absolute Gasteiger partial charge is 0.406 e. The van der Waals surface area contributed by atoms with E-state index in [1.54, 1.807) is 23.5 Å². The fraction of sp³-hybridized carbons (Fsp3) is 0.364. The Kier molecular flexibility index (Phi) is 6.60. The number of ether oxygens (including phenoxy) is 1. The van der Waals surface area contributed by atoms with Crippen LogP contribution in [-0.2, 0) is 6.54 Å². The topological polar surface area (TPSA) is 59.1 Å². The molecule has 3 aromatic rings. The number of anilines is 2. The maximum atomic E-state index is 12.6. The Morgan fingerprint density at radius 3 is 2.61 bits per heavy atom. The highest BCUT2D eigenvalue weighted by molar-refractivity contribution is 7.09. The molecule has 0 atom stereocenters. The number of nitrogens with one attached hydrogen (secondary N) is 2. The van der Waals surface area contributed by atoms with Crippen LogP contribution in [0.25, 0.3) is 11.3 Å². The number of hydrogen-bond acceptors (Lipinski definition) is 6. The maximum absolute atomic E-state index is 12.6. The molecule has 0 saturated heterocycles. The van der Waals surface area contributed by atoms with Gasteiger partial charge in [-0.2, -0.15) is 4.98 Å². The van der Waals surface area contributed by atoms with Gasteiger partial charge < -0.3 is 15.4 Å². The Morgan fingerprint density at radius 1 is 1.03 bits per heavy atom. The van der Waals surface area contributed by atoms with Crippen molar-refractivity contribution in [1.29, 1.82) is 0 Å². The molecule has 2 N–H and O–H groups in total. The van der Waals surface area contributed by atoms with E-state index in [-0.39, 0.29) is 5.75 Å². The van der Waals surface area contributed by atoms with E-state index in [4.69, 9.17) is 0 Å². The largest absolute Gasteiger partial charge is 0.573 e. The average molecular weight is 449 g/mol. The zero-order chi connectivity index (χ0) is 21.7. The van der Waals surface area contributed by atoms with Crippen molar-refractivity contribution in [2.24, 2.45) is 0 Å². The first-order valence-corrected chi connectivity index (χ1v) is 11.1. The minimum atomic E-state index is -4.74. The molecule has 2 aromatic heterocycles. The van der Waals surface area contributed by atoms with Gasteiger partial charge >= 0.3 is 6.36 Å². The van der Waals surface area contributed by atoms with Gasteiger partial charge in [0.05, 0.1) is 12.2 Å². The van der Waals surface area contributed by atoms with Crippen LogP contribution in [0.15, 0.2) is 47.8 Å². The lowest BCUT2D eigenvalue weighted by molar-refractivity contribution is -0.274. The molecular weight excluding hydrogens is 425 g/mol. The summed E-state index contributed by atoms with van der Waals surface area (Å²) in [5.41, 5.74) is 1.05. The van der Waals surface area contributed by atoms with Gasteiger partial charge in [0.2, 0.25) is 5.95 Å². The van der Waals surface area contributed by atoms with Crippen LogP contribution in [0.2, 0.25) is 0 Å². The summed E-state index contributed by atoms with van der Waals surface area (Å²) in [4.78, 5) is 10.3. The summed E-state index contributed by atoms with van der Waals surface area (Å²) in [6, 6.07) is 11.9. The van der Waals surface area contributed by atoms with Crippen LogP contribution in [0.5, 0.6) is 5.75 Å². The molecule has 1 fully saturated rings. The van der Waals surface area contributed by atoms with Crippen LogP contribution >= 0.6 is 11.3 Å². The number of nitrogens with zero attached hydrogens (tertiary/aromatic N) is 2. The third kappa shape index (κ3) is 6.33. The van der Waals surface area contributed by atoms with Crippen molar-refractivity contribution in [2.75, 3.05) is 10.6 Å². The van der Waals surface area contributed by atoms with Gasteiger partial charge in [-0.05, 0) is 36.4 Å². The molecule has 9 heteroatoms. The standard InChI is InChI=1S/C22H23F3N4OS/c23-22(24,25)30-17-9-4-6-15(12-17)19-13-20(26-14-18-10-5-11-31-18)29-21(28-19)27-16-7-2-1-3-8-16/h4-6,9-13,16H,1-3,7-8,14H2,(H2,26,27,28,29). The minimum Gasteiger partial charge on any atom is -0.406 e. The maximum Gasteiger partial charge on any atom is 0.573 e. The normalized spacial score (nSPS) is 14.9. The van der Waals surface area contributed by atoms with Crippen LogP contribution in [0.4, 0.5) is 24.9 Å². The molecule has 31 heavy (non-hydrogen) atoms. The molecule has 0 radical (unpaired) electrons. The Hall–Kier alpha value is -2.81. The van der Waals surface area contributed by atoms with Crippen molar-refractivity contribution in [3.05, 3.63) is 52.7 Å². The lowest BCUT2D eigenvalue weighted by Crippen LogP contribution is -2.23. The van der Waals surface area contributed by atoms with Gasteiger partial charge in [-0.3, -0.25) is 0 Å². The summed E-state index contributed by atoms with van der Waals surface area (Å²) in [7, 11) is 0. The first-order chi connectivity index (χ1) is 14.9. The van der Waals surface area contributed by atoms with E-state index < -0.39 is 6.36 Å². The fourth-order valence-corrected chi connectivity index (χ4v) is 4.27. The monoisotopic (exact) mass is 448 g/mol. The lowest BCUT2D eigenvalue weighted by atomic mass is 9.96. The van der Waals surface area contributed by atoms with Crippen molar-refractivity contribution in [2.45, 2.75) is 51.1 Å². The number of alkyl halides is 3. The van der Waals surface area contributed by atoms with Crippen LogP contribution in [0.3, 0.4) is 0 Å². The Labute approximate surface area is 182 Å². The van der Waals surface area contributed by atoms with E-state index in [0.717, 1.165) is 30.6 Å². The lowest BCUT2D eigenvalue weighted by Gasteiger charge is -2.23. The molecule has 164 valence electrons. The first-order valence-electron chi connectivity index (χ1n) is 10.2. The molecule has 4 rings (SSSR count). The molecule has 0 spiro atoms. The summed E-state index contributed by atoms with van der Waals surface area (Å²) in [5, 5.41) is 8.71. The Morgan fingerprint density at radius 2 is 1.87 bits per heavy atom. The van der Waals surface area contributed by atoms with E-state index in [2.05, 4.69) is 25.3 Å². The van der Waals surface area contributed by atoms with Crippen molar-refractivity contribution < 1.29 is 17.9 Å².